The zero-order valence-corrected chi connectivity index (χ0v) is 7.17. The Labute approximate surface area is 75.1 Å². The van der Waals surface area contributed by atoms with Crippen LogP contribution < -0.4 is 5.32 Å². The standard InChI is InChI=1S/C7H13NO5/c1-3(10)8-5-6(11)4(2-9)13-7(5)12/h4-7,9,11-12H,2H2,1H3,(H,8,10)/t4-,5-,6+,7-/m0/s1. The van der Waals surface area contributed by atoms with E-state index in [4.69, 9.17) is 9.84 Å². The first-order valence-electron chi connectivity index (χ1n) is 3.96. The van der Waals surface area contributed by atoms with Crippen LogP contribution in [0.25, 0.3) is 0 Å². The highest BCUT2D eigenvalue weighted by Crippen LogP contribution is 2.18. The molecule has 1 aliphatic rings. The zero-order chi connectivity index (χ0) is 10.0. The molecule has 0 spiro atoms. The number of amides is 1. The highest BCUT2D eigenvalue weighted by atomic mass is 16.6. The Hall–Kier alpha value is -0.690. The van der Waals surface area contributed by atoms with Gasteiger partial charge in [-0.2, -0.15) is 0 Å². The summed E-state index contributed by atoms with van der Waals surface area (Å²) in [5, 5.41) is 29.6. The third-order valence-electron chi connectivity index (χ3n) is 1.92. The normalized spacial score (nSPS) is 39.1. The number of carbonyl (C=O) groups excluding carboxylic acids is 1. The summed E-state index contributed by atoms with van der Waals surface area (Å²) in [7, 11) is 0. The predicted molar refractivity (Wildman–Crippen MR) is 41.6 cm³/mol. The lowest BCUT2D eigenvalue weighted by molar-refractivity contribution is -0.127. The van der Waals surface area contributed by atoms with Crippen molar-refractivity contribution >= 4 is 5.91 Å². The van der Waals surface area contributed by atoms with Crippen molar-refractivity contribution in [1.29, 1.82) is 0 Å². The summed E-state index contributed by atoms with van der Waals surface area (Å²) in [5.74, 6) is -0.370. The minimum atomic E-state index is -1.27. The largest absolute Gasteiger partial charge is 0.394 e. The van der Waals surface area contributed by atoms with Crippen LogP contribution in [0, 0.1) is 0 Å². The van der Waals surface area contributed by atoms with Crippen LogP contribution in [0.15, 0.2) is 0 Å². The first kappa shape index (κ1) is 10.4. The molecular formula is C7H13NO5. The van der Waals surface area contributed by atoms with Gasteiger partial charge in [-0.3, -0.25) is 4.79 Å². The third kappa shape index (κ3) is 2.16. The molecule has 0 bridgehead atoms. The molecule has 1 heterocycles. The quantitative estimate of drug-likeness (QED) is 0.388. The van der Waals surface area contributed by atoms with Crippen LogP contribution >= 0.6 is 0 Å². The maximum atomic E-state index is 10.6. The van der Waals surface area contributed by atoms with Crippen molar-refractivity contribution < 1.29 is 24.9 Å². The van der Waals surface area contributed by atoms with E-state index in [1.807, 2.05) is 0 Å². The lowest BCUT2D eigenvalue weighted by Gasteiger charge is -2.17. The van der Waals surface area contributed by atoms with Gasteiger partial charge >= 0.3 is 0 Å². The molecule has 6 nitrogen and oxygen atoms in total. The van der Waals surface area contributed by atoms with Crippen LogP contribution in [-0.4, -0.2) is 52.4 Å². The van der Waals surface area contributed by atoms with E-state index in [0.29, 0.717) is 0 Å². The Bertz CT molecular complexity index is 197. The van der Waals surface area contributed by atoms with Gasteiger partial charge in [0.25, 0.3) is 0 Å². The number of hydrogen-bond acceptors (Lipinski definition) is 5. The molecule has 1 fully saturated rings. The first-order chi connectivity index (χ1) is 6.06. The van der Waals surface area contributed by atoms with Crippen LogP contribution in [0.1, 0.15) is 6.92 Å². The Morgan fingerprint density at radius 3 is 2.54 bits per heavy atom. The monoisotopic (exact) mass is 191 g/mol. The minimum Gasteiger partial charge on any atom is -0.394 e. The summed E-state index contributed by atoms with van der Waals surface area (Å²) >= 11 is 0. The van der Waals surface area contributed by atoms with Crippen LogP contribution in [0.4, 0.5) is 0 Å². The summed E-state index contributed by atoms with van der Waals surface area (Å²) in [6.45, 7) is 0.875. The number of nitrogens with one attached hydrogen (secondary N) is 1. The van der Waals surface area contributed by atoms with Crippen molar-refractivity contribution in [2.75, 3.05) is 6.61 Å². The van der Waals surface area contributed by atoms with Crippen LogP contribution in [-0.2, 0) is 9.53 Å². The molecule has 6 heteroatoms. The molecule has 0 aromatic rings. The molecule has 4 N–H and O–H groups in total. The number of aliphatic hydroxyl groups excluding tert-OH is 3. The SMILES string of the molecule is CC(=O)N[C@H]1[C@H](O)[C@H](CO)O[C@@H]1O. The van der Waals surface area contributed by atoms with Crippen molar-refractivity contribution in [2.45, 2.75) is 31.5 Å². The second kappa shape index (κ2) is 4.01. The van der Waals surface area contributed by atoms with E-state index >= 15 is 0 Å². The average Bonchev–Trinajstić information content (AvgIpc) is 2.31. The zero-order valence-electron chi connectivity index (χ0n) is 7.17. The molecule has 13 heavy (non-hydrogen) atoms. The van der Waals surface area contributed by atoms with E-state index in [2.05, 4.69) is 5.32 Å². The van der Waals surface area contributed by atoms with Gasteiger partial charge in [0.05, 0.1) is 6.61 Å². The molecule has 0 aliphatic carbocycles. The Balaban J connectivity index is 2.58. The van der Waals surface area contributed by atoms with E-state index in [1.165, 1.54) is 6.92 Å². The van der Waals surface area contributed by atoms with Crippen molar-refractivity contribution in [3.05, 3.63) is 0 Å². The number of ether oxygens (including phenoxy) is 1. The molecular weight excluding hydrogens is 178 g/mol. The lowest BCUT2D eigenvalue weighted by Crippen LogP contribution is -2.47. The minimum absolute atomic E-state index is 0.370. The smallest absolute Gasteiger partial charge is 0.217 e. The van der Waals surface area contributed by atoms with Gasteiger partial charge in [-0.05, 0) is 0 Å². The van der Waals surface area contributed by atoms with Gasteiger partial charge in [-0.1, -0.05) is 0 Å². The van der Waals surface area contributed by atoms with E-state index in [0.717, 1.165) is 0 Å². The fourth-order valence-corrected chi connectivity index (χ4v) is 1.29. The second-order valence-corrected chi connectivity index (χ2v) is 2.96. The van der Waals surface area contributed by atoms with Crippen LogP contribution in [0.2, 0.25) is 0 Å². The van der Waals surface area contributed by atoms with Gasteiger partial charge in [0.1, 0.15) is 18.2 Å². The molecule has 0 aromatic carbocycles. The van der Waals surface area contributed by atoms with Gasteiger partial charge in [0, 0.05) is 6.92 Å². The topological polar surface area (TPSA) is 99.0 Å². The molecule has 1 rings (SSSR count). The van der Waals surface area contributed by atoms with E-state index in [9.17, 15) is 15.0 Å². The summed E-state index contributed by atoms with van der Waals surface area (Å²) in [4.78, 5) is 10.6. The Morgan fingerprint density at radius 2 is 2.15 bits per heavy atom. The fourth-order valence-electron chi connectivity index (χ4n) is 1.29. The maximum absolute atomic E-state index is 10.6. The van der Waals surface area contributed by atoms with Crippen molar-refractivity contribution in [2.24, 2.45) is 0 Å². The molecule has 1 saturated heterocycles. The average molecular weight is 191 g/mol. The highest BCUT2D eigenvalue weighted by Gasteiger charge is 2.42. The number of hydrogen-bond donors (Lipinski definition) is 4. The lowest BCUT2D eigenvalue weighted by atomic mass is 10.1. The Kier molecular flexibility index (Phi) is 3.21. The number of aliphatic hydroxyl groups is 3. The summed E-state index contributed by atoms with van der Waals surface area (Å²) in [6, 6.07) is -0.866. The molecule has 4 atom stereocenters. The summed E-state index contributed by atoms with van der Waals surface area (Å²) in [6.07, 6.45) is -3.19. The molecule has 0 radical (unpaired) electrons. The molecule has 1 aliphatic heterocycles. The van der Waals surface area contributed by atoms with Gasteiger partial charge in [0.2, 0.25) is 5.91 Å². The summed E-state index contributed by atoms with van der Waals surface area (Å²) < 4.78 is 4.78. The van der Waals surface area contributed by atoms with Gasteiger partial charge in [0.15, 0.2) is 6.29 Å². The predicted octanol–water partition coefficient (Wildman–Crippen LogP) is -2.44. The number of rotatable bonds is 2. The fraction of sp³-hybridized carbons (Fsp3) is 0.857. The van der Waals surface area contributed by atoms with Crippen molar-refractivity contribution in [3.63, 3.8) is 0 Å². The summed E-state index contributed by atoms with van der Waals surface area (Å²) in [5.41, 5.74) is 0. The maximum Gasteiger partial charge on any atom is 0.217 e. The molecule has 76 valence electrons. The van der Waals surface area contributed by atoms with E-state index in [-0.39, 0.29) is 5.91 Å². The molecule has 0 aromatic heterocycles. The molecule has 0 saturated carbocycles. The van der Waals surface area contributed by atoms with Crippen LogP contribution in [0.5, 0.6) is 0 Å². The van der Waals surface area contributed by atoms with Gasteiger partial charge < -0.3 is 25.4 Å². The Morgan fingerprint density at radius 1 is 1.54 bits per heavy atom. The molecule has 0 unspecified atom stereocenters. The number of carbonyl (C=O) groups is 1. The van der Waals surface area contributed by atoms with E-state index < -0.39 is 31.1 Å². The van der Waals surface area contributed by atoms with Crippen molar-refractivity contribution in [1.82, 2.24) is 5.32 Å². The third-order valence-corrected chi connectivity index (χ3v) is 1.92. The van der Waals surface area contributed by atoms with Crippen molar-refractivity contribution in [3.8, 4) is 0 Å². The van der Waals surface area contributed by atoms with Crippen LogP contribution in [0.3, 0.4) is 0 Å². The second-order valence-electron chi connectivity index (χ2n) is 2.96. The van der Waals surface area contributed by atoms with Gasteiger partial charge in [-0.15, -0.1) is 0 Å². The molecule has 1 amide bonds. The highest BCUT2D eigenvalue weighted by molar-refractivity contribution is 5.73. The van der Waals surface area contributed by atoms with E-state index in [1.54, 1.807) is 0 Å². The first-order valence-corrected chi connectivity index (χ1v) is 3.96. The van der Waals surface area contributed by atoms with Gasteiger partial charge in [-0.25, -0.2) is 0 Å².